The summed E-state index contributed by atoms with van der Waals surface area (Å²) in [6, 6.07) is -0.0355. The molecular formula is C15H20N6O2S. The lowest BCUT2D eigenvalue weighted by atomic mass is 9.86. The maximum absolute atomic E-state index is 12.1. The molecule has 2 saturated carbocycles. The van der Waals surface area contributed by atoms with E-state index in [1.165, 1.54) is 11.5 Å². The number of nitrogens with zero attached hydrogens (tertiary/aromatic N) is 4. The molecule has 0 saturated heterocycles. The van der Waals surface area contributed by atoms with Crippen molar-refractivity contribution < 1.29 is 9.32 Å². The smallest absolute Gasteiger partial charge is 0.321 e. The minimum absolute atomic E-state index is 0.168. The molecule has 2 aromatic heterocycles. The third-order valence-corrected chi connectivity index (χ3v) is 5.20. The van der Waals surface area contributed by atoms with Crippen LogP contribution in [0.4, 0.5) is 9.93 Å². The molecule has 24 heavy (non-hydrogen) atoms. The zero-order valence-electron chi connectivity index (χ0n) is 13.5. The number of hydrogen-bond acceptors (Lipinski definition) is 7. The molecule has 0 radical (unpaired) electrons. The number of anilines is 1. The van der Waals surface area contributed by atoms with Crippen LogP contribution < -0.4 is 10.6 Å². The number of carbonyl (C=O) groups excluding carboxylic acids is 1. The lowest BCUT2D eigenvalue weighted by molar-refractivity contribution is 0.239. The van der Waals surface area contributed by atoms with Gasteiger partial charge in [-0.2, -0.15) is 9.36 Å². The molecule has 2 heterocycles. The molecule has 0 atom stereocenters. The molecule has 128 valence electrons. The van der Waals surface area contributed by atoms with E-state index in [1.54, 1.807) is 0 Å². The van der Waals surface area contributed by atoms with Gasteiger partial charge in [-0.1, -0.05) is 5.16 Å². The van der Waals surface area contributed by atoms with Crippen molar-refractivity contribution in [2.75, 3.05) is 5.32 Å². The zero-order valence-corrected chi connectivity index (χ0v) is 14.3. The van der Waals surface area contributed by atoms with E-state index in [1.807, 2.05) is 6.92 Å². The monoisotopic (exact) mass is 348 g/mol. The molecule has 0 aliphatic heterocycles. The van der Waals surface area contributed by atoms with Crippen LogP contribution in [0.25, 0.3) is 0 Å². The Morgan fingerprint density at radius 3 is 2.54 bits per heavy atom. The Hall–Kier alpha value is -2.03. The maximum atomic E-state index is 12.1. The lowest BCUT2D eigenvalue weighted by Crippen LogP contribution is -2.39. The first-order valence-electron chi connectivity index (χ1n) is 8.38. The molecule has 0 aromatic carbocycles. The summed E-state index contributed by atoms with van der Waals surface area (Å²) in [6.45, 7) is 1.83. The average Bonchev–Trinajstić information content (AvgIpc) is 3.17. The number of hydrogen-bond donors (Lipinski definition) is 2. The molecule has 0 spiro atoms. The van der Waals surface area contributed by atoms with Gasteiger partial charge in [-0.05, 0) is 45.4 Å². The van der Waals surface area contributed by atoms with Crippen LogP contribution in [0, 0.1) is 6.92 Å². The summed E-state index contributed by atoms with van der Waals surface area (Å²) in [6.07, 6.45) is 6.01. The first kappa shape index (κ1) is 15.5. The minimum atomic E-state index is -0.203. The maximum Gasteiger partial charge on any atom is 0.321 e. The molecule has 2 aromatic rings. The van der Waals surface area contributed by atoms with Gasteiger partial charge in [0, 0.05) is 29.4 Å². The van der Waals surface area contributed by atoms with Crippen molar-refractivity contribution in [2.45, 2.75) is 63.3 Å². The van der Waals surface area contributed by atoms with Crippen LogP contribution in [0.3, 0.4) is 0 Å². The summed E-state index contributed by atoms with van der Waals surface area (Å²) < 4.78 is 9.54. The van der Waals surface area contributed by atoms with E-state index in [9.17, 15) is 4.79 Å². The molecule has 9 heteroatoms. The zero-order chi connectivity index (χ0) is 16.5. The highest BCUT2D eigenvalue weighted by Crippen LogP contribution is 2.39. The van der Waals surface area contributed by atoms with Gasteiger partial charge in [-0.25, -0.2) is 9.78 Å². The number of urea groups is 1. The molecule has 2 N–H and O–H groups in total. The molecule has 0 bridgehead atoms. The average molecular weight is 348 g/mol. The first-order valence-corrected chi connectivity index (χ1v) is 9.16. The predicted molar refractivity (Wildman–Crippen MR) is 88.1 cm³/mol. The van der Waals surface area contributed by atoms with Crippen molar-refractivity contribution >= 4 is 22.7 Å². The Kier molecular flexibility index (Phi) is 4.17. The van der Waals surface area contributed by atoms with Crippen LogP contribution in [0.15, 0.2) is 4.52 Å². The van der Waals surface area contributed by atoms with E-state index in [2.05, 4.69) is 30.1 Å². The summed E-state index contributed by atoms with van der Waals surface area (Å²) in [7, 11) is 0. The Morgan fingerprint density at radius 2 is 1.88 bits per heavy atom. The number of aromatic nitrogens is 4. The second kappa shape index (κ2) is 6.46. The number of rotatable bonds is 4. The second-order valence-electron chi connectivity index (χ2n) is 6.56. The molecule has 2 aliphatic rings. The van der Waals surface area contributed by atoms with Crippen molar-refractivity contribution in [2.24, 2.45) is 0 Å². The Balaban J connectivity index is 1.24. The third-order valence-electron chi connectivity index (χ3n) is 4.56. The van der Waals surface area contributed by atoms with Crippen molar-refractivity contribution in [3.05, 3.63) is 17.5 Å². The largest absolute Gasteiger partial charge is 0.339 e. The van der Waals surface area contributed by atoms with E-state index >= 15 is 0 Å². The van der Waals surface area contributed by atoms with Gasteiger partial charge < -0.3 is 9.84 Å². The van der Waals surface area contributed by atoms with Crippen LogP contribution in [0.2, 0.25) is 0 Å². The molecule has 2 amide bonds. The van der Waals surface area contributed by atoms with E-state index in [0.717, 1.165) is 50.2 Å². The van der Waals surface area contributed by atoms with Gasteiger partial charge in [0.2, 0.25) is 11.0 Å². The molecule has 2 fully saturated rings. The van der Waals surface area contributed by atoms with E-state index < -0.39 is 0 Å². The van der Waals surface area contributed by atoms with E-state index in [4.69, 9.17) is 4.52 Å². The number of carbonyl (C=O) groups is 1. The molecule has 2 aliphatic carbocycles. The summed E-state index contributed by atoms with van der Waals surface area (Å²) in [5.74, 6) is 3.06. The fourth-order valence-electron chi connectivity index (χ4n) is 3.08. The Labute approximate surface area is 143 Å². The summed E-state index contributed by atoms with van der Waals surface area (Å²) in [5.41, 5.74) is 0. The van der Waals surface area contributed by atoms with Gasteiger partial charge >= 0.3 is 6.03 Å². The summed E-state index contributed by atoms with van der Waals surface area (Å²) in [5, 5.41) is 10.2. The molecule has 8 nitrogen and oxygen atoms in total. The minimum Gasteiger partial charge on any atom is -0.339 e. The van der Waals surface area contributed by atoms with Crippen LogP contribution >= 0.6 is 11.5 Å². The highest BCUT2D eigenvalue weighted by atomic mass is 32.1. The first-order chi connectivity index (χ1) is 11.7. The number of nitrogens with one attached hydrogen (secondary N) is 2. The van der Waals surface area contributed by atoms with Crippen LogP contribution in [0.5, 0.6) is 0 Å². The molecular weight excluding hydrogens is 328 g/mol. The fraction of sp³-hybridized carbons (Fsp3) is 0.667. The quantitative estimate of drug-likeness (QED) is 0.880. The van der Waals surface area contributed by atoms with Crippen LogP contribution in [-0.4, -0.2) is 31.6 Å². The fourth-order valence-corrected chi connectivity index (χ4v) is 3.72. The normalized spacial score (nSPS) is 23.9. The van der Waals surface area contributed by atoms with Crippen molar-refractivity contribution in [1.29, 1.82) is 0 Å². The molecule has 0 unspecified atom stereocenters. The van der Waals surface area contributed by atoms with Gasteiger partial charge in [-0.15, -0.1) is 0 Å². The highest BCUT2D eigenvalue weighted by Gasteiger charge is 2.29. The summed E-state index contributed by atoms with van der Waals surface area (Å²) in [4.78, 5) is 20.8. The third kappa shape index (κ3) is 3.55. The number of amides is 2. The lowest BCUT2D eigenvalue weighted by Gasteiger charge is -2.26. The van der Waals surface area contributed by atoms with Crippen LogP contribution in [-0.2, 0) is 0 Å². The van der Waals surface area contributed by atoms with Crippen molar-refractivity contribution in [3.63, 3.8) is 0 Å². The standard InChI is InChI=1S/C15H20N6O2S/c1-8-16-13(23-20-8)10-4-6-11(7-5-10)17-14(22)19-15-18-12(21-24-15)9-2-3-9/h9-11H,2-7H2,1H3,(H2,17,18,19,21,22). The van der Waals surface area contributed by atoms with Gasteiger partial charge in [0.15, 0.2) is 5.82 Å². The Bertz CT molecular complexity index is 717. The molecule has 4 rings (SSSR count). The number of aryl methyl sites for hydroxylation is 1. The predicted octanol–water partition coefficient (Wildman–Crippen LogP) is 2.95. The summed E-state index contributed by atoms with van der Waals surface area (Å²) >= 11 is 1.25. The second-order valence-corrected chi connectivity index (χ2v) is 7.31. The van der Waals surface area contributed by atoms with Crippen LogP contribution in [0.1, 0.15) is 67.9 Å². The van der Waals surface area contributed by atoms with Gasteiger partial charge in [0.25, 0.3) is 0 Å². The van der Waals surface area contributed by atoms with Crippen molar-refractivity contribution in [3.8, 4) is 0 Å². The SMILES string of the molecule is Cc1noc(C2CCC(NC(=O)Nc3nc(C4CC4)ns3)CC2)n1. The van der Waals surface area contributed by atoms with Gasteiger partial charge in [0.05, 0.1) is 0 Å². The Morgan fingerprint density at radius 1 is 1.12 bits per heavy atom. The topological polar surface area (TPSA) is 106 Å². The highest BCUT2D eigenvalue weighted by molar-refractivity contribution is 7.09. The van der Waals surface area contributed by atoms with Crippen molar-refractivity contribution in [1.82, 2.24) is 24.8 Å². The van der Waals surface area contributed by atoms with Gasteiger partial charge in [-0.3, -0.25) is 5.32 Å². The van der Waals surface area contributed by atoms with Gasteiger partial charge in [0.1, 0.15) is 5.82 Å². The van der Waals surface area contributed by atoms with E-state index in [0.29, 0.717) is 22.8 Å². The van der Waals surface area contributed by atoms with E-state index in [-0.39, 0.29) is 12.1 Å².